The van der Waals surface area contributed by atoms with Gasteiger partial charge in [-0.3, -0.25) is 0 Å². The first kappa shape index (κ1) is 30.2. The third-order valence-electron chi connectivity index (χ3n) is 7.51. The van der Waals surface area contributed by atoms with E-state index in [1.807, 2.05) is 19.9 Å². The van der Waals surface area contributed by atoms with Crippen molar-refractivity contribution >= 4 is 39.4 Å². The molecule has 0 saturated carbocycles. The van der Waals surface area contributed by atoms with Crippen LogP contribution in [0.1, 0.15) is 48.1 Å². The number of fused-ring (bicyclic) bond motifs is 2. The maximum absolute atomic E-state index is 7.20. The Bertz CT molecular complexity index is 1690. The highest BCUT2D eigenvalue weighted by Gasteiger charge is 2.12. The van der Waals surface area contributed by atoms with Crippen LogP contribution in [-0.4, -0.2) is 6.21 Å². The fraction of sp³-hybridized carbons (Fsp3) is 0.146. The third kappa shape index (κ3) is 7.50. The summed E-state index contributed by atoms with van der Waals surface area (Å²) in [6.07, 6.45) is 27.0. The van der Waals surface area contributed by atoms with Crippen LogP contribution in [0, 0.1) is 12.3 Å². The fourth-order valence-corrected chi connectivity index (χ4v) is 5.38. The molecule has 0 aromatic heterocycles. The van der Waals surface area contributed by atoms with Gasteiger partial charge in [-0.05, 0) is 107 Å². The Morgan fingerprint density at radius 1 is 0.738 bits per heavy atom. The van der Waals surface area contributed by atoms with Gasteiger partial charge in [0, 0.05) is 6.21 Å². The maximum Gasteiger partial charge on any atom is 0.0177 e. The highest BCUT2D eigenvalue weighted by Crippen LogP contribution is 2.34. The Morgan fingerprint density at radius 2 is 1.36 bits per heavy atom. The normalized spacial score (nSPS) is 12.8. The predicted molar refractivity (Wildman–Crippen MR) is 188 cm³/mol. The molecular formula is C41H41N. The topological polar surface area (TPSA) is 23.9 Å². The minimum absolute atomic E-state index is 0.740. The van der Waals surface area contributed by atoms with Crippen molar-refractivity contribution in [3.63, 3.8) is 0 Å². The van der Waals surface area contributed by atoms with Gasteiger partial charge < -0.3 is 5.41 Å². The van der Waals surface area contributed by atoms with Gasteiger partial charge in [0.25, 0.3) is 0 Å². The standard InChI is InChI=1S/C41H41N/c1-5-7-8-9-19-36-37-20-10-12-22-39(37)41(40-23-13-11-21-38(36)40)24-14-18-34-30-35(28-26-32(34)4)33(16-6-2)27-25-31(3)17-15-29-42/h5-18,20-23,26-30,42H,3,19,24-25H2,1-2,4H3/b7-5-,9-8-,16-6-,17-15-,18-14-,33-27+,42-29?. The van der Waals surface area contributed by atoms with Crippen molar-refractivity contribution in [1.29, 1.82) is 5.41 Å². The number of benzene rings is 4. The molecule has 1 N–H and O–H groups in total. The molecular weight excluding hydrogens is 506 g/mol. The van der Waals surface area contributed by atoms with Crippen molar-refractivity contribution in [2.45, 2.75) is 40.0 Å². The average molecular weight is 548 g/mol. The van der Waals surface area contributed by atoms with E-state index in [4.69, 9.17) is 5.41 Å². The molecule has 0 saturated heterocycles. The third-order valence-corrected chi connectivity index (χ3v) is 7.51. The minimum atomic E-state index is 0.740. The molecule has 0 aliphatic rings. The Hall–Kier alpha value is -4.75. The van der Waals surface area contributed by atoms with E-state index < -0.39 is 0 Å². The van der Waals surface area contributed by atoms with Gasteiger partial charge in [0.2, 0.25) is 0 Å². The molecule has 0 radical (unpaired) electrons. The number of aryl methyl sites for hydroxylation is 1. The first-order valence-corrected chi connectivity index (χ1v) is 14.7. The first-order chi connectivity index (χ1) is 20.6. The van der Waals surface area contributed by atoms with E-state index >= 15 is 0 Å². The summed E-state index contributed by atoms with van der Waals surface area (Å²) < 4.78 is 0. The molecule has 0 unspecified atom stereocenters. The monoisotopic (exact) mass is 547 g/mol. The Labute approximate surface area is 251 Å². The molecule has 0 aliphatic carbocycles. The second kappa shape index (κ2) is 15.3. The molecule has 0 amide bonds. The van der Waals surface area contributed by atoms with Gasteiger partial charge >= 0.3 is 0 Å². The van der Waals surface area contributed by atoms with Crippen LogP contribution in [0.5, 0.6) is 0 Å². The van der Waals surface area contributed by atoms with Crippen LogP contribution >= 0.6 is 0 Å². The molecule has 1 nitrogen and oxygen atoms in total. The molecule has 0 aliphatic heterocycles. The lowest BCUT2D eigenvalue weighted by Crippen LogP contribution is -1.95. The van der Waals surface area contributed by atoms with Gasteiger partial charge in [0.05, 0.1) is 0 Å². The first-order valence-electron chi connectivity index (χ1n) is 14.7. The smallest absolute Gasteiger partial charge is 0.0177 e. The van der Waals surface area contributed by atoms with E-state index in [9.17, 15) is 0 Å². The molecule has 0 bridgehead atoms. The highest BCUT2D eigenvalue weighted by atomic mass is 14.3. The molecule has 0 heterocycles. The summed E-state index contributed by atoms with van der Waals surface area (Å²) >= 11 is 0. The number of allylic oxidation sites excluding steroid dienone is 12. The van der Waals surface area contributed by atoms with Crippen LogP contribution < -0.4 is 0 Å². The second-order valence-electron chi connectivity index (χ2n) is 10.4. The second-order valence-corrected chi connectivity index (χ2v) is 10.4. The summed E-state index contributed by atoms with van der Waals surface area (Å²) in [6.45, 7) is 10.4. The zero-order chi connectivity index (χ0) is 29.7. The lowest BCUT2D eigenvalue weighted by Gasteiger charge is -2.15. The van der Waals surface area contributed by atoms with Crippen LogP contribution in [-0.2, 0) is 12.8 Å². The molecule has 4 aromatic carbocycles. The molecule has 0 atom stereocenters. The molecule has 210 valence electrons. The molecule has 0 fully saturated rings. The van der Waals surface area contributed by atoms with Gasteiger partial charge in [-0.25, -0.2) is 0 Å². The lowest BCUT2D eigenvalue weighted by molar-refractivity contribution is 1.29. The Kier molecular flexibility index (Phi) is 11.0. The quantitative estimate of drug-likeness (QED) is 0.104. The zero-order valence-corrected chi connectivity index (χ0v) is 25.1. The van der Waals surface area contributed by atoms with Crippen molar-refractivity contribution in [2.75, 3.05) is 0 Å². The zero-order valence-electron chi connectivity index (χ0n) is 25.1. The SMILES string of the molecule is C=C(/C=C\C=N)C/C=C(\C=C/C)c1ccc(C)c(/C=C\Cc2c3ccccc3c(C/C=C\C=C/C)c3ccccc23)c1. The Balaban J connectivity index is 1.69. The largest absolute Gasteiger partial charge is 0.309 e. The van der Waals surface area contributed by atoms with Gasteiger partial charge in [-0.15, -0.1) is 0 Å². The average Bonchev–Trinajstić information content (AvgIpc) is 3.01. The minimum Gasteiger partial charge on any atom is -0.309 e. The van der Waals surface area contributed by atoms with E-state index in [2.05, 4.69) is 135 Å². The summed E-state index contributed by atoms with van der Waals surface area (Å²) in [5.41, 5.74) is 8.58. The summed E-state index contributed by atoms with van der Waals surface area (Å²) in [5, 5.41) is 12.5. The maximum atomic E-state index is 7.20. The van der Waals surface area contributed by atoms with E-state index in [0.29, 0.717) is 0 Å². The van der Waals surface area contributed by atoms with E-state index in [0.717, 1.165) is 24.8 Å². The molecule has 0 spiro atoms. The number of hydrogen-bond donors (Lipinski definition) is 1. The number of hydrogen-bond acceptors (Lipinski definition) is 1. The molecule has 4 rings (SSSR count). The van der Waals surface area contributed by atoms with Crippen molar-refractivity contribution in [1.82, 2.24) is 0 Å². The van der Waals surface area contributed by atoms with E-state index in [1.165, 1.54) is 61.1 Å². The number of rotatable bonds is 12. The van der Waals surface area contributed by atoms with Crippen molar-refractivity contribution < 1.29 is 0 Å². The van der Waals surface area contributed by atoms with Gasteiger partial charge in [-0.1, -0.05) is 134 Å². The van der Waals surface area contributed by atoms with Crippen LogP contribution in [0.25, 0.3) is 33.2 Å². The van der Waals surface area contributed by atoms with Crippen molar-refractivity contribution in [3.05, 3.63) is 167 Å². The van der Waals surface area contributed by atoms with Crippen molar-refractivity contribution in [2.24, 2.45) is 0 Å². The summed E-state index contributed by atoms with van der Waals surface area (Å²) in [5.74, 6) is 0. The van der Waals surface area contributed by atoms with Crippen LogP contribution in [0.4, 0.5) is 0 Å². The number of nitrogens with one attached hydrogen (secondary N) is 1. The van der Waals surface area contributed by atoms with Crippen LogP contribution in [0.15, 0.2) is 140 Å². The van der Waals surface area contributed by atoms with Gasteiger partial charge in [-0.2, -0.15) is 0 Å². The van der Waals surface area contributed by atoms with Gasteiger partial charge in [0.1, 0.15) is 0 Å². The summed E-state index contributed by atoms with van der Waals surface area (Å²) in [7, 11) is 0. The predicted octanol–water partition coefficient (Wildman–Crippen LogP) is 11.3. The van der Waals surface area contributed by atoms with Crippen LogP contribution in [0.3, 0.4) is 0 Å². The van der Waals surface area contributed by atoms with E-state index in [1.54, 1.807) is 6.08 Å². The van der Waals surface area contributed by atoms with Crippen molar-refractivity contribution in [3.8, 4) is 0 Å². The van der Waals surface area contributed by atoms with Crippen LogP contribution in [0.2, 0.25) is 0 Å². The highest BCUT2D eigenvalue weighted by molar-refractivity contribution is 6.06. The fourth-order valence-electron chi connectivity index (χ4n) is 5.38. The van der Waals surface area contributed by atoms with E-state index in [-0.39, 0.29) is 0 Å². The summed E-state index contributed by atoms with van der Waals surface area (Å²) in [6, 6.07) is 24.4. The lowest BCUT2D eigenvalue weighted by atomic mass is 9.89. The molecule has 4 aromatic rings. The van der Waals surface area contributed by atoms with Gasteiger partial charge in [0.15, 0.2) is 0 Å². The Morgan fingerprint density at radius 3 is 1.93 bits per heavy atom. The molecule has 1 heteroatoms. The summed E-state index contributed by atoms with van der Waals surface area (Å²) in [4.78, 5) is 0. The molecule has 42 heavy (non-hydrogen) atoms.